The van der Waals surface area contributed by atoms with Gasteiger partial charge in [0.25, 0.3) is 5.91 Å². The summed E-state index contributed by atoms with van der Waals surface area (Å²) in [5.74, 6) is 1.53. The van der Waals surface area contributed by atoms with Crippen molar-refractivity contribution in [3.8, 4) is 11.5 Å². The first kappa shape index (κ1) is 21.6. The van der Waals surface area contributed by atoms with Gasteiger partial charge in [-0.15, -0.1) is 11.3 Å². The van der Waals surface area contributed by atoms with Crippen LogP contribution in [0.5, 0.6) is 11.5 Å². The second-order valence-electron chi connectivity index (χ2n) is 7.03. The summed E-state index contributed by atoms with van der Waals surface area (Å²) in [6.45, 7) is 8.86. The van der Waals surface area contributed by atoms with Gasteiger partial charge >= 0.3 is 0 Å². The number of rotatable bonds is 9. The van der Waals surface area contributed by atoms with Gasteiger partial charge in [0.15, 0.2) is 0 Å². The number of benzene rings is 2. The van der Waals surface area contributed by atoms with Crippen LogP contribution in [0.15, 0.2) is 61.2 Å². The number of ether oxygens (including phenoxy) is 2. The second-order valence-corrected chi connectivity index (χ2v) is 8.11. The smallest absolute Gasteiger partial charge is 0.265 e. The third kappa shape index (κ3) is 5.70. The molecule has 1 amide bonds. The second kappa shape index (κ2) is 10.1. The minimum Gasteiger partial charge on any atom is -0.490 e. The highest BCUT2D eigenvalue weighted by Crippen LogP contribution is 2.23. The van der Waals surface area contributed by atoms with E-state index in [1.807, 2.05) is 62.4 Å². The van der Waals surface area contributed by atoms with E-state index >= 15 is 0 Å². The first-order valence-electron chi connectivity index (χ1n) is 9.70. The van der Waals surface area contributed by atoms with Gasteiger partial charge in [-0.3, -0.25) is 4.79 Å². The minimum absolute atomic E-state index is 0.0430. The van der Waals surface area contributed by atoms with E-state index in [2.05, 4.69) is 11.6 Å². The summed E-state index contributed by atoms with van der Waals surface area (Å²) in [6, 6.07) is 15.6. The van der Waals surface area contributed by atoms with Crippen molar-refractivity contribution < 1.29 is 14.3 Å². The van der Waals surface area contributed by atoms with Crippen molar-refractivity contribution >= 4 is 17.2 Å². The normalized spacial score (nSPS) is 10.5. The molecule has 3 aromatic rings. The Morgan fingerprint density at radius 1 is 1.07 bits per heavy atom. The van der Waals surface area contributed by atoms with E-state index in [1.54, 1.807) is 18.0 Å². The van der Waals surface area contributed by atoms with Crippen LogP contribution in [0.1, 0.15) is 31.5 Å². The summed E-state index contributed by atoms with van der Waals surface area (Å²) in [5.41, 5.74) is 2.94. The highest BCUT2D eigenvalue weighted by Gasteiger charge is 2.19. The third-order valence-corrected chi connectivity index (χ3v) is 5.59. The number of nitrogens with zero attached hydrogens (tertiary/aromatic N) is 2. The molecule has 3 rings (SSSR count). The van der Waals surface area contributed by atoms with Gasteiger partial charge in [-0.25, -0.2) is 4.98 Å². The molecule has 5 nitrogen and oxygen atoms in total. The molecular formula is C24H26N2O3S. The van der Waals surface area contributed by atoms with E-state index in [9.17, 15) is 4.79 Å². The number of hydrogen-bond acceptors (Lipinski definition) is 5. The maximum atomic E-state index is 12.9. The molecule has 0 saturated carbocycles. The molecule has 0 aliphatic heterocycles. The Balaban J connectivity index is 1.60. The van der Waals surface area contributed by atoms with Crippen molar-refractivity contribution in [1.29, 1.82) is 0 Å². The third-order valence-electron chi connectivity index (χ3n) is 4.48. The lowest BCUT2D eigenvalue weighted by Gasteiger charge is -2.17. The predicted octanol–water partition coefficient (Wildman–Crippen LogP) is 5.18. The summed E-state index contributed by atoms with van der Waals surface area (Å²) in [7, 11) is 1.80. The number of aryl methyl sites for hydroxylation is 2. The number of carbonyl (C=O) groups is 1. The Kier molecular flexibility index (Phi) is 7.25. The van der Waals surface area contributed by atoms with E-state index in [1.165, 1.54) is 16.9 Å². The van der Waals surface area contributed by atoms with Crippen molar-refractivity contribution in [2.45, 2.75) is 27.0 Å². The molecule has 0 saturated heterocycles. The van der Waals surface area contributed by atoms with E-state index in [0.29, 0.717) is 24.6 Å². The Hall–Kier alpha value is -3.12. The van der Waals surface area contributed by atoms with Crippen molar-refractivity contribution in [3.05, 3.63) is 87.9 Å². The number of aromatic nitrogens is 1. The average molecular weight is 423 g/mol. The first-order chi connectivity index (χ1) is 14.5. The van der Waals surface area contributed by atoms with Gasteiger partial charge in [-0.05, 0) is 43.7 Å². The van der Waals surface area contributed by atoms with Crippen molar-refractivity contribution in [1.82, 2.24) is 9.88 Å². The van der Waals surface area contributed by atoms with Crippen LogP contribution in [0.25, 0.3) is 0 Å². The van der Waals surface area contributed by atoms with Gasteiger partial charge in [0.2, 0.25) is 0 Å². The maximum absolute atomic E-state index is 12.9. The monoisotopic (exact) mass is 422 g/mol. The zero-order chi connectivity index (χ0) is 21.5. The fourth-order valence-corrected chi connectivity index (χ4v) is 3.83. The molecule has 0 aliphatic rings. The summed E-state index contributed by atoms with van der Waals surface area (Å²) in [4.78, 5) is 19.8. The summed E-state index contributed by atoms with van der Waals surface area (Å²) in [6.07, 6.45) is 1.71. The SMILES string of the molecule is C=CCOc1ccc(CN(C)C(=O)c2sc(COc3ccc(C)cc3)nc2C)cc1. The average Bonchev–Trinajstić information content (AvgIpc) is 3.12. The Morgan fingerprint density at radius 2 is 1.70 bits per heavy atom. The number of carbonyl (C=O) groups excluding carboxylic acids is 1. The van der Waals surface area contributed by atoms with Gasteiger partial charge in [0, 0.05) is 13.6 Å². The van der Waals surface area contributed by atoms with Crippen LogP contribution < -0.4 is 9.47 Å². The number of hydrogen-bond donors (Lipinski definition) is 0. The quantitative estimate of drug-likeness (QED) is 0.446. The van der Waals surface area contributed by atoms with Gasteiger partial charge in [-0.2, -0.15) is 0 Å². The van der Waals surface area contributed by atoms with Crippen molar-refractivity contribution in [2.75, 3.05) is 13.7 Å². The van der Waals surface area contributed by atoms with E-state index in [4.69, 9.17) is 9.47 Å². The molecule has 0 aliphatic carbocycles. The molecule has 1 aromatic heterocycles. The van der Waals surface area contributed by atoms with Gasteiger partial charge in [0.05, 0.1) is 5.69 Å². The van der Waals surface area contributed by atoms with Crippen LogP contribution in [-0.2, 0) is 13.2 Å². The van der Waals surface area contributed by atoms with Gasteiger partial charge < -0.3 is 14.4 Å². The maximum Gasteiger partial charge on any atom is 0.265 e. The summed E-state index contributed by atoms with van der Waals surface area (Å²) in [5, 5.41) is 0.786. The number of thiazole rings is 1. The zero-order valence-electron chi connectivity index (χ0n) is 17.6. The highest BCUT2D eigenvalue weighted by atomic mass is 32.1. The highest BCUT2D eigenvalue weighted by molar-refractivity contribution is 7.13. The molecule has 0 N–H and O–H groups in total. The number of amides is 1. The lowest BCUT2D eigenvalue weighted by molar-refractivity contribution is 0.0789. The zero-order valence-corrected chi connectivity index (χ0v) is 18.4. The minimum atomic E-state index is -0.0430. The lowest BCUT2D eigenvalue weighted by atomic mass is 10.2. The summed E-state index contributed by atoms with van der Waals surface area (Å²) >= 11 is 1.38. The standard InChI is InChI=1S/C24H26N2O3S/c1-5-14-28-20-12-8-19(9-13-20)15-26(4)24(27)23-18(3)25-22(30-23)16-29-21-10-6-17(2)7-11-21/h5-13H,1,14-16H2,2-4H3. The van der Waals surface area contributed by atoms with Gasteiger partial charge in [0.1, 0.15) is 34.6 Å². The van der Waals surface area contributed by atoms with Crippen LogP contribution >= 0.6 is 11.3 Å². The fraction of sp³-hybridized carbons (Fsp3) is 0.250. The Labute approximate surface area is 181 Å². The lowest BCUT2D eigenvalue weighted by Crippen LogP contribution is -2.26. The van der Waals surface area contributed by atoms with Crippen LogP contribution in [0, 0.1) is 13.8 Å². The van der Waals surface area contributed by atoms with Crippen LogP contribution in [0.2, 0.25) is 0 Å². The molecular weight excluding hydrogens is 396 g/mol. The summed E-state index contributed by atoms with van der Waals surface area (Å²) < 4.78 is 11.3. The largest absolute Gasteiger partial charge is 0.490 e. The molecule has 156 valence electrons. The Bertz CT molecular complexity index is 994. The molecule has 30 heavy (non-hydrogen) atoms. The van der Waals surface area contributed by atoms with E-state index in [0.717, 1.165) is 27.8 Å². The molecule has 0 radical (unpaired) electrons. The molecule has 0 fully saturated rings. The van der Waals surface area contributed by atoms with Crippen molar-refractivity contribution in [3.63, 3.8) is 0 Å². The molecule has 0 spiro atoms. The predicted molar refractivity (Wildman–Crippen MR) is 120 cm³/mol. The Morgan fingerprint density at radius 3 is 2.37 bits per heavy atom. The van der Waals surface area contributed by atoms with Crippen LogP contribution in [-0.4, -0.2) is 29.4 Å². The van der Waals surface area contributed by atoms with Crippen LogP contribution in [0.3, 0.4) is 0 Å². The fourth-order valence-electron chi connectivity index (χ4n) is 2.86. The molecule has 2 aromatic carbocycles. The first-order valence-corrected chi connectivity index (χ1v) is 10.5. The molecule has 0 atom stereocenters. The van der Waals surface area contributed by atoms with E-state index in [-0.39, 0.29) is 5.91 Å². The van der Waals surface area contributed by atoms with Gasteiger partial charge in [-0.1, -0.05) is 42.5 Å². The molecule has 6 heteroatoms. The molecule has 1 heterocycles. The van der Waals surface area contributed by atoms with Crippen LogP contribution in [0.4, 0.5) is 0 Å². The van der Waals surface area contributed by atoms with E-state index < -0.39 is 0 Å². The topological polar surface area (TPSA) is 51.7 Å². The van der Waals surface area contributed by atoms with Crippen molar-refractivity contribution in [2.24, 2.45) is 0 Å². The molecule has 0 unspecified atom stereocenters. The molecule has 0 bridgehead atoms.